The van der Waals surface area contributed by atoms with Gasteiger partial charge in [-0.25, -0.2) is 19.5 Å². The van der Waals surface area contributed by atoms with Gasteiger partial charge in [0, 0.05) is 6.42 Å². The van der Waals surface area contributed by atoms with E-state index in [1.54, 1.807) is 24.6 Å². The molecule has 138 valence electrons. The Labute approximate surface area is 155 Å². The van der Waals surface area contributed by atoms with Gasteiger partial charge < -0.3 is 15.3 Å². The van der Waals surface area contributed by atoms with E-state index >= 15 is 0 Å². The van der Waals surface area contributed by atoms with Crippen molar-refractivity contribution in [2.75, 3.05) is 5.73 Å². The second kappa shape index (κ2) is 6.17. The Morgan fingerprint density at radius 2 is 2.07 bits per heavy atom. The van der Waals surface area contributed by atoms with Crippen molar-refractivity contribution in [1.82, 2.24) is 24.6 Å². The third-order valence-electron chi connectivity index (χ3n) is 4.40. The van der Waals surface area contributed by atoms with Crippen LogP contribution in [0, 0.1) is 6.92 Å². The minimum Gasteiger partial charge on any atom is -0.443 e. The van der Waals surface area contributed by atoms with Gasteiger partial charge in [0.25, 0.3) is 0 Å². The second-order valence-electron chi connectivity index (χ2n) is 6.97. The van der Waals surface area contributed by atoms with Crippen LogP contribution >= 0.6 is 0 Å². The van der Waals surface area contributed by atoms with Gasteiger partial charge in [0.2, 0.25) is 5.89 Å². The van der Waals surface area contributed by atoms with E-state index in [-0.39, 0.29) is 5.82 Å². The second-order valence-corrected chi connectivity index (χ2v) is 6.97. The molecule has 0 aliphatic heterocycles. The highest BCUT2D eigenvalue weighted by Crippen LogP contribution is 2.24. The Balaban J connectivity index is 1.74. The number of rotatable bonds is 4. The molecule has 0 amide bonds. The summed E-state index contributed by atoms with van der Waals surface area (Å²) in [4.78, 5) is 13.0. The van der Waals surface area contributed by atoms with Gasteiger partial charge in [-0.1, -0.05) is 24.3 Å². The van der Waals surface area contributed by atoms with Crippen molar-refractivity contribution >= 4 is 11.5 Å². The summed E-state index contributed by atoms with van der Waals surface area (Å²) in [5, 5.41) is 14.8. The number of hydrogen-bond acceptors (Lipinski definition) is 7. The molecular formula is C19H20N6O2. The first-order chi connectivity index (χ1) is 12.8. The van der Waals surface area contributed by atoms with Crippen molar-refractivity contribution in [3.8, 4) is 11.6 Å². The van der Waals surface area contributed by atoms with E-state index in [4.69, 9.17) is 10.2 Å². The first kappa shape index (κ1) is 17.2. The van der Waals surface area contributed by atoms with Gasteiger partial charge in [0.1, 0.15) is 12.0 Å². The number of benzene rings is 1. The molecule has 3 aromatic heterocycles. The van der Waals surface area contributed by atoms with Gasteiger partial charge in [0.05, 0.1) is 17.5 Å². The van der Waals surface area contributed by atoms with E-state index in [9.17, 15) is 5.11 Å². The van der Waals surface area contributed by atoms with Gasteiger partial charge in [-0.3, -0.25) is 0 Å². The molecule has 1 aromatic carbocycles. The Hall–Kier alpha value is -3.26. The number of nitrogen functional groups attached to an aromatic ring is 1. The lowest BCUT2D eigenvalue weighted by atomic mass is 9.96. The van der Waals surface area contributed by atoms with E-state index in [1.807, 2.05) is 31.2 Å². The zero-order valence-corrected chi connectivity index (χ0v) is 15.3. The van der Waals surface area contributed by atoms with Crippen molar-refractivity contribution in [1.29, 1.82) is 0 Å². The molecule has 0 saturated carbocycles. The Morgan fingerprint density at radius 1 is 1.26 bits per heavy atom. The van der Waals surface area contributed by atoms with E-state index < -0.39 is 5.60 Å². The lowest BCUT2D eigenvalue weighted by molar-refractivity contribution is 0.0785. The number of oxazole rings is 1. The van der Waals surface area contributed by atoms with Crippen LogP contribution in [-0.4, -0.2) is 29.7 Å². The fourth-order valence-corrected chi connectivity index (χ4v) is 2.97. The SMILES string of the molecule is Cc1c(-c2ncco2)nc(N)c2nc(Cc3cccc(C(C)(C)O)c3)nn12. The number of aliphatic hydroxyl groups is 1. The zero-order valence-electron chi connectivity index (χ0n) is 15.3. The maximum atomic E-state index is 10.2. The highest BCUT2D eigenvalue weighted by Gasteiger charge is 2.19. The lowest BCUT2D eigenvalue weighted by Gasteiger charge is -2.18. The maximum Gasteiger partial charge on any atom is 0.246 e. The van der Waals surface area contributed by atoms with Crippen LogP contribution in [0.1, 0.15) is 36.5 Å². The van der Waals surface area contributed by atoms with E-state index in [1.165, 1.54) is 6.26 Å². The first-order valence-electron chi connectivity index (χ1n) is 8.56. The maximum absolute atomic E-state index is 10.2. The van der Waals surface area contributed by atoms with Crippen molar-refractivity contribution in [2.24, 2.45) is 0 Å². The molecule has 4 aromatic rings. The average Bonchev–Trinajstić information content (AvgIpc) is 3.27. The minimum atomic E-state index is -0.905. The topological polar surface area (TPSA) is 115 Å². The van der Waals surface area contributed by atoms with E-state index in [0.717, 1.165) is 16.8 Å². The molecule has 0 fully saturated rings. The third kappa shape index (κ3) is 3.15. The summed E-state index contributed by atoms with van der Waals surface area (Å²) in [6.07, 6.45) is 3.55. The van der Waals surface area contributed by atoms with Gasteiger partial charge in [-0.15, -0.1) is 0 Å². The predicted molar refractivity (Wildman–Crippen MR) is 99.9 cm³/mol. The molecule has 0 atom stereocenters. The molecule has 0 spiro atoms. The van der Waals surface area contributed by atoms with Crippen molar-refractivity contribution in [3.63, 3.8) is 0 Å². The summed E-state index contributed by atoms with van der Waals surface area (Å²) in [6, 6.07) is 7.75. The number of hydrogen-bond donors (Lipinski definition) is 2. The molecule has 4 rings (SSSR count). The Morgan fingerprint density at radius 3 is 2.78 bits per heavy atom. The molecular weight excluding hydrogens is 344 g/mol. The van der Waals surface area contributed by atoms with Crippen molar-refractivity contribution in [3.05, 3.63) is 59.4 Å². The predicted octanol–water partition coefficient (Wildman–Crippen LogP) is 2.49. The quantitative estimate of drug-likeness (QED) is 0.571. The minimum absolute atomic E-state index is 0.262. The zero-order chi connectivity index (χ0) is 19.2. The standard InChI is InChI=1S/C19H20N6O2/c1-11-15(18-21-7-8-27-18)23-16(20)17-22-14(24-25(11)17)10-12-5-4-6-13(9-12)19(2,3)26/h4-9,26H,10H2,1-3H3,(H2,20,23). The molecule has 0 bridgehead atoms. The summed E-state index contributed by atoms with van der Waals surface area (Å²) >= 11 is 0. The molecule has 0 aliphatic rings. The molecule has 3 N–H and O–H groups in total. The monoisotopic (exact) mass is 364 g/mol. The van der Waals surface area contributed by atoms with E-state index in [0.29, 0.717) is 29.5 Å². The summed E-state index contributed by atoms with van der Waals surface area (Å²) in [7, 11) is 0. The summed E-state index contributed by atoms with van der Waals surface area (Å²) in [6.45, 7) is 5.39. The number of aromatic nitrogens is 5. The number of nitrogens with two attached hydrogens (primary N) is 1. The van der Waals surface area contributed by atoms with Crippen LogP contribution < -0.4 is 5.73 Å². The van der Waals surface area contributed by atoms with Crippen LogP contribution in [0.2, 0.25) is 0 Å². The van der Waals surface area contributed by atoms with Gasteiger partial charge in [-0.05, 0) is 31.9 Å². The third-order valence-corrected chi connectivity index (χ3v) is 4.40. The van der Waals surface area contributed by atoms with Crippen LogP contribution in [0.4, 0.5) is 5.82 Å². The molecule has 0 unspecified atom stereocenters. The Kier molecular flexibility index (Phi) is 3.92. The van der Waals surface area contributed by atoms with Crippen LogP contribution in [0.5, 0.6) is 0 Å². The smallest absolute Gasteiger partial charge is 0.246 e. The van der Waals surface area contributed by atoms with Crippen molar-refractivity contribution in [2.45, 2.75) is 32.8 Å². The fourth-order valence-electron chi connectivity index (χ4n) is 2.97. The lowest BCUT2D eigenvalue weighted by Crippen LogP contribution is -2.15. The molecule has 0 saturated heterocycles. The van der Waals surface area contributed by atoms with Crippen LogP contribution in [-0.2, 0) is 12.0 Å². The largest absolute Gasteiger partial charge is 0.443 e. The Bertz CT molecular complexity index is 1110. The summed E-state index contributed by atoms with van der Waals surface area (Å²) < 4.78 is 7.00. The molecule has 0 aliphatic carbocycles. The average molecular weight is 364 g/mol. The summed E-state index contributed by atoms with van der Waals surface area (Å²) in [5.41, 5.74) is 8.79. The molecule has 27 heavy (non-hydrogen) atoms. The van der Waals surface area contributed by atoms with Crippen LogP contribution in [0.15, 0.2) is 41.1 Å². The van der Waals surface area contributed by atoms with Gasteiger partial charge in [-0.2, -0.15) is 5.10 Å². The number of nitrogens with zero attached hydrogens (tertiary/aromatic N) is 5. The van der Waals surface area contributed by atoms with Crippen molar-refractivity contribution < 1.29 is 9.52 Å². The number of fused-ring (bicyclic) bond motifs is 1. The van der Waals surface area contributed by atoms with Gasteiger partial charge >= 0.3 is 0 Å². The number of anilines is 1. The van der Waals surface area contributed by atoms with Crippen LogP contribution in [0.25, 0.3) is 17.2 Å². The van der Waals surface area contributed by atoms with Crippen LogP contribution in [0.3, 0.4) is 0 Å². The fraction of sp³-hybridized carbons (Fsp3) is 0.263. The number of aryl methyl sites for hydroxylation is 1. The molecule has 8 heteroatoms. The highest BCUT2D eigenvalue weighted by atomic mass is 16.3. The molecule has 8 nitrogen and oxygen atoms in total. The summed E-state index contributed by atoms with van der Waals surface area (Å²) in [5.74, 6) is 1.26. The van der Waals surface area contributed by atoms with E-state index in [2.05, 4.69) is 20.1 Å². The van der Waals surface area contributed by atoms with Gasteiger partial charge in [0.15, 0.2) is 17.3 Å². The normalized spacial score (nSPS) is 12.0. The molecule has 3 heterocycles. The highest BCUT2D eigenvalue weighted by molar-refractivity contribution is 5.66. The first-order valence-corrected chi connectivity index (χ1v) is 8.56. The molecule has 0 radical (unpaired) electrons.